The predicted octanol–water partition coefficient (Wildman–Crippen LogP) is 4.35. The molecule has 0 saturated heterocycles. The van der Waals surface area contributed by atoms with Crippen LogP contribution in [-0.2, 0) is 19.7 Å². The topological polar surface area (TPSA) is 78.0 Å². The van der Waals surface area contributed by atoms with Gasteiger partial charge < -0.3 is 14.4 Å². The molecule has 3 aromatic heterocycles. The Kier molecular flexibility index (Phi) is 5.62. The number of ether oxygens (including phenoxy) is 1. The quantitative estimate of drug-likeness (QED) is 0.408. The minimum atomic E-state index is -0.0747. The monoisotopic (exact) mass is 439 g/mol. The molecule has 0 amide bonds. The summed E-state index contributed by atoms with van der Waals surface area (Å²) < 4.78 is 9.26. The van der Waals surface area contributed by atoms with E-state index < -0.39 is 0 Å². The zero-order valence-corrected chi connectivity index (χ0v) is 18.6. The van der Waals surface area contributed by atoms with E-state index in [0.29, 0.717) is 18.8 Å². The van der Waals surface area contributed by atoms with Crippen molar-refractivity contribution in [2.45, 2.75) is 26.6 Å². The summed E-state index contributed by atoms with van der Waals surface area (Å²) in [6, 6.07) is 18.2. The first kappa shape index (κ1) is 20.9. The van der Waals surface area contributed by atoms with E-state index in [0.717, 1.165) is 44.5 Å². The van der Waals surface area contributed by atoms with Crippen LogP contribution in [0.2, 0.25) is 0 Å². The van der Waals surface area contributed by atoms with Gasteiger partial charge in [0.05, 0.1) is 49.9 Å². The lowest BCUT2D eigenvalue weighted by Gasteiger charge is -2.07. The van der Waals surface area contributed by atoms with Gasteiger partial charge in [-0.3, -0.25) is 4.98 Å². The number of allylic oxidation sites excluding steroid dienone is 1. The average molecular weight is 440 g/mol. The molecule has 2 aromatic carbocycles. The minimum absolute atomic E-state index is 0.0747. The van der Waals surface area contributed by atoms with Gasteiger partial charge in [0.1, 0.15) is 11.4 Å². The van der Waals surface area contributed by atoms with Crippen molar-refractivity contribution in [3.05, 3.63) is 89.5 Å². The Labute approximate surface area is 191 Å². The van der Waals surface area contributed by atoms with E-state index >= 15 is 0 Å². The standard InChI is InChI=1S/C26H25N5O2/c1-18-26-24(14-20(17-32)27-18)23-7-3-4-8-25(23)31(26)16-21-15-30(29-28-21)13-5-6-19-9-11-22(33-2)12-10-19/h3-12,14-15,32H,13,16-17H2,1-2H3/b6-5+. The Balaban J connectivity index is 1.40. The second-order valence-electron chi connectivity index (χ2n) is 7.96. The summed E-state index contributed by atoms with van der Waals surface area (Å²) in [5.74, 6) is 0.844. The third kappa shape index (κ3) is 4.10. The van der Waals surface area contributed by atoms with Gasteiger partial charge in [-0.25, -0.2) is 4.68 Å². The molecular weight excluding hydrogens is 414 g/mol. The normalized spacial score (nSPS) is 11.7. The largest absolute Gasteiger partial charge is 0.497 e. The molecule has 0 aliphatic heterocycles. The highest BCUT2D eigenvalue weighted by Gasteiger charge is 2.15. The molecule has 0 saturated carbocycles. The number of hydrogen-bond donors (Lipinski definition) is 1. The van der Waals surface area contributed by atoms with Crippen LogP contribution < -0.4 is 4.74 Å². The van der Waals surface area contributed by atoms with Gasteiger partial charge >= 0.3 is 0 Å². The van der Waals surface area contributed by atoms with Crippen molar-refractivity contribution in [2.24, 2.45) is 0 Å². The lowest BCUT2D eigenvalue weighted by atomic mass is 10.1. The van der Waals surface area contributed by atoms with E-state index in [-0.39, 0.29) is 6.61 Å². The third-order valence-electron chi connectivity index (χ3n) is 5.76. The first-order chi connectivity index (χ1) is 16.2. The zero-order valence-electron chi connectivity index (χ0n) is 18.6. The van der Waals surface area contributed by atoms with E-state index in [9.17, 15) is 5.11 Å². The van der Waals surface area contributed by atoms with Crippen LogP contribution in [0.4, 0.5) is 0 Å². The van der Waals surface area contributed by atoms with E-state index in [4.69, 9.17) is 4.74 Å². The van der Waals surface area contributed by atoms with Crippen LogP contribution in [0.3, 0.4) is 0 Å². The molecular formula is C26H25N5O2. The minimum Gasteiger partial charge on any atom is -0.497 e. The highest BCUT2D eigenvalue weighted by atomic mass is 16.5. The maximum Gasteiger partial charge on any atom is 0.118 e. The molecule has 0 unspecified atom stereocenters. The molecule has 0 aliphatic carbocycles. The molecule has 0 radical (unpaired) electrons. The molecule has 5 aromatic rings. The van der Waals surface area contributed by atoms with Crippen molar-refractivity contribution in [3.63, 3.8) is 0 Å². The number of aromatic nitrogens is 5. The third-order valence-corrected chi connectivity index (χ3v) is 5.76. The summed E-state index contributed by atoms with van der Waals surface area (Å²) in [6.07, 6.45) is 6.09. The van der Waals surface area contributed by atoms with Gasteiger partial charge in [-0.1, -0.05) is 47.7 Å². The lowest BCUT2D eigenvalue weighted by Crippen LogP contribution is -2.02. The molecule has 0 bridgehead atoms. The molecule has 0 spiro atoms. The van der Waals surface area contributed by atoms with Crippen LogP contribution in [0.15, 0.2) is 66.9 Å². The number of nitrogens with zero attached hydrogens (tertiary/aromatic N) is 5. The van der Waals surface area contributed by atoms with Crippen molar-refractivity contribution < 1.29 is 9.84 Å². The smallest absolute Gasteiger partial charge is 0.118 e. The highest BCUT2D eigenvalue weighted by molar-refractivity contribution is 6.08. The van der Waals surface area contributed by atoms with Crippen LogP contribution in [0.25, 0.3) is 27.9 Å². The summed E-state index contributed by atoms with van der Waals surface area (Å²) in [6.45, 7) is 3.13. The van der Waals surface area contributed by atoms with Crippen molar-refractivity contribution in [2.75, 3.05) is 7.11 Å². The predicted molar refractivity (Wildman–Crippen MR) is 129 cm³/mol. The number of rotatable bonds is 7. The summed E-state index contributed by atoms with van der Waals surface area (Å²) in [4.78, 5) is 4.57. The molecule has 33 heavy (non-hydrogen) atoms. The maximum atomic E-state index is 9.60. The highest BCUT2D eigenvalue weighted by Crippen LogP contribution is 2.31. The molecule has 166 valence electrons. The van der Waals surface area contributed by atoms with Gasteiger partial charge in [-0.2, -0.15) is 0 Å². The Bertz CT molecular complexity index is 1450. The van der Waals surface area contributed by atoms with Gasteiger partial charge in [-0.05, 0) is 36.8 Å². The molecule has 7 heteroatoms. The first-order valence-corrected chi connectivity index (χ1v) is 10.8. The summed E-state index contributed by atoms with van der Waals surface area (Å²) in [5.41, 5.74) is 5.72. The Hall–Kier alpha value is -3.97. The van der Waals surface area contributed by atoms with Crippen LogP contribution in [0.5, 0.6) is 5.75 Å². The van der Waals surface area contributed by atoms with E-state index in [1.54, 1.807) is 7.11 Å². The molecule has 7 nitrogen and oxygen atoms in total. The van der Waals surface area contributed by atoms with Crippen molar-refractivity contribution in [1.82, 2.24) is 24.5 Å². The first-order valence-electron chi connectivity index (χ1n) is 10.8. The molecule has 5 rings (SSSR count). The maximum absolute atomic E-state index is 9.60. The number of aliphatic hydroxyl groups is 1. The fraction of sp³-hybridized carbons (Fsp3) is 0.192. The second-order valence-corrected chi connectivity index (χ2v) is 7.96. The Morgan fingerprint density at radius 3 is 2.64 bits per heavy atom. The van der Waals surface area contributed by atoms with Crippen LogP contribution in [-0.4, -0.2) is 36.8 Å². The molecule has 3 heterocycles. The lowest BCUT2D eigenvalue weighted by molar-refractivity contribution is 0.277. The Morgan fingerprint density at radius 2 is 1.85 bits per heavy atom. The van der Waals surface area contributed by atoms with Crippen LogP contribution >= 0.6 is 0 Å². The van der Waals surface area contributed by atoms with Gasteiger partial charge in [-0.15, -0.1) is 5.10 Å². The fourth-order valence-electron chi connectivity index (χ4n) is 4.25. The van der Waals surface area contributed by atoms with E-state index in [1.165, 1.54) is 0 Å². The van der Waals surface area contributed by atoms with Gasteiger partial charge in [0.2, 0.25) is 0 Å². The number of hydrogen-bond acceptors (Lipinski definition) is 5. The number of para-hydroxylation sites is 1. The van der Waals surface area contributed by atoms with Gasteiger partial charge in [0.15, 0.2) is 0 Å². The number of methoxy groups -OCH3 is 1. The number of benzene rings is 2. The van der Waals surface area contributed by atoms with Gasteiger partial charge in [0.25, 0.3) is 0 Å². The van der Waals surface area contributed by atoms with E-state index in [1.807, 2.05) is 60.3 Å². The fourth-order valence-corrected chi connectivity index (χ4v) is 4.25. The number of aliphatic hydroxyl groups excluding tert-OH is 1. The zero-order chi connectivity index (χ0) is 22.8. The van der Waals surface area contributed by atoms with Gasteiger partial charge in [0, 0.05) is 16.3 Å². The molecule has 0 atom stereocenters. The summed E-state index contributed by atoms with van der Waals surface area (Å²) in [7, 11) is 1.66. The van der Waals surface area contributed by atoms with Crippen molar-refractivity contribution >= 4 is 27.9 Å². The Morgan fingerprint density at radius 1 is 1.03 bits per heavy atom. The molecule has 0 aliphatic rings. The second kappa shape index (κ2) is 8.88. The van der Waals surface area contributed by atoms with Crippen molar-refractivity contribution in [3.8, 4) is 5.75 Å². The number of aryl methyl sites for hydroxylation is 1. The average Bonchev–Trinajstić information content (AvgIpc) is 3.42. The van der Waals surface area contributed by atoms with E-state index in [2.05, 4.69) is 44.1 Å². The summed E-state index contributed by atoms with van der Waals surface area (Å²) >= 11 is 0. The number of pyridine rings is 1. The van der Waals surface area contributed by atoms with Crippen molar-refractivity contribution in [1.29, 1.82) is 0 Å². The summed E-state index contributed by atoms with van der Waals surface area (Å²) in [5, 5.41) is 20.5. The molecule has 0 fully saturated rings. The molecule has 1 N–H and O–H groups in total. The number of fused-ring (bicyclic) bond motifs is 3. The van der Waals surface area contributed by atoms with Crippen LogP contribution in [0.1, 0.15) is 22.6 Å². The SMILES string of the molecule is COc1ccc(/C=C/Cn2cc(Cn3c4ccccc4c4cc(CO)nc(C)c43)nn2)cc1. The van der Waals surface area contributed by atoms with Crippen LogP contribution in [0, 0.1) is 6.92 Å².